The third-order valence-electron chi connectivity index (χ3n) is 7.26. The van der Waals surface area contributed by atoms with Crippen LogP contribution in [0.5, 0.6) is 0 Å². The maximum absolute atomic E-state index is 13.5. The molecule has 2 aliphatic heterocycles. The van der Waals surface area contributed by atoms with Crippen LogP contribution >= 0.6 is 0 Å². The van der Waals surface area contributed by atoms with Gasteiger partial charge in [0.25, 0.3) is 0 Å². The molecule has 2 aromatic carbocycles. The molecule has 2 aromatic rings. The third-order valence-corrected chi connectivity index (χ3v) is 7.26. The molecule has 4 rings (SSSR count). The summed E-state index contributed by atoms with van der Waals surface area (Å²) in [6.07, 6.45) is 1.21. The first kappa shape index (κ1) is 28.3. The number of carbonyl (C=O) groups excluding carboxylic acids is 3. The number of likely N-dealkylation sites (tertiary alicyclic amines) is 1. The highest BCUT2D eigenvalue weighted by molar-refractivity contribution is 5.91. The minimum atomic E-state index is -1.05. The lowest BCUT2D eigenvalue weighted by Gasteiger charge is -2.28. The summed E-state index contributed by atoms with van der Waals surface area (Å²) in [6, 6.07) is 15.8. The number of β-amino-alcohol motifs (C(OH)–C–C–N with tert-alkyl or cyclic N) is 1. The fraction of sp³-hybridized carbons (Fsp3) is 0.448. The molecule has 5 N–H and O–H groups in total. The fourth-order valence-corrected chi connectivity index (χ4v) is 5.31. The van der Waals surface area contributed by atoms with Crippen LogP contribution in [0.25, 0.3) is 0 Å². The molecule has 0 spiro atoms. The average molecular weight is 537 g/mol. The number of hydrogen-bond acceptors (Lipinski definition) is 6. The number of rotatable bonds is 11. The summed E-state index contributed by atoms with van der Waals surface area (Å²) in [4.78, 5) is 52.8. The van der Waals surface area contributed by atoms with E-state index in [1.165, 1.54) is 4.90 Å². The van der Waals surface area contributed by atoms with Crippen LogP contribution < -0.4 is 16.0 Å². The van der Waals surface area contributed by atoms with Crippen molar-refractivity contribution in [3.05, 3.63) is 71.8 Å². The topological polar surface area (TPSA) is 148 Å². The van der Waals surface area contributed by atoms with Crippen molar-refractivity contribution in [3.63, 3.8) is 0 Å². The predicted octanol–water partition coefficient (Wildman–Crippen LogP) is 0.630. The highest BCUT2D eigenvalue weighted by atomic mass is 16.4. The Kier molecular flexibility index (Phi) is 9.67. The molecule has 208 valence electrons. The quantitative estimate of drug-likeness (QED) is 0.283. The minimum absolute atomic E-state index is 0.0726. The van der Waals surface area contributed by atoms with Crippen molar-refractivity contribution in [2.75, 3.05) is 13.1 Å². The molecule has 3 amide bonds. The molecule has 0 radical (unpaired) electrons. The number of aliphatic hydroxyl groups excluding tert-OH is 1. The Bertz CT molecular complexity index is 1140. The number of carboxylic acid groups (broad SMARTS) is 1. The van der Waals surface area contributed by atoms with Crippen LogP contribution in [0, 0.1) is 0 Å². The fourth-order valence-electron chi connectivity index (χ4n) is 5.31. The van der Waals surface area contributed by atoms with Gasteiger partial charge in [0.2, 0.25) is 17.7 Å². The Balaban J connectivity index is 1.48. The van der Waals surface area contributed by atoms with Crippen molar-refractivity contribution in [2.24, 2.45) is 0 Å². The molecule has 5 atom stereocenters. The number of aliphatic carboxylic acids is 1. The number of hydrogen-bond donors (Lipinski definition) is 5. The Hall–Kier alpha value is -3.76. The molecule has 0 saturated carbocycles. The monoisotopic (exact) mass is 536 g/mol. The van der Waals surface area contributed by atoms with Crippen LogP contribution in [0.4, 0.5) is 0 Å². The molecule has 10 heteroatoms. The van der Waals surface area contributed by atoms with Gasteiger partial charge in [-0.15, -0.1) is 0 Å². The van der Waals surface area contributed by atoms with Crippen LogP contribution in [-0.2, 0) is 32.0 Å². The second-order valence-electron chi connectivity index (χ2n) is 10.3. The molecule has 0 bridgehead atoms. The third kappa shape index (κ3) is 7.87. The molecule has 0 aromatic heterocycles. The first-order valence-electron chi connectivity index (χ1n) is 13.4. The van der Waals surface area contributed by atoms with Gasteiger partial charge in [-0.3, -0.25) is 14.4 Å². The van der Waals surface area contributed by atoms with Crippen LogP contribution in [0.2, 0.25) is 0 Å². The van der Waals surface area contributed by atoms with Gasteiger partial charge in [0.1, 0.15) is 12.1 Å². The summed E-state index contributed by atoms with van der Waals surface area (Å²) in [6.45, 7) is 0.656. The van der Waals surface area contributed by atoms with E-state index in [1.54, 1.807) is 0 Å². The lowest BCUT2D eigenvalue weighted by molar-refractivity contribution is -0.149. The average Bonchev–Trinajstić information content (AvgIpc) is 3.59. The van der Waals surface area contributed by atoms with Crippen molar-refractivity contribution in [3.8, 4) is 0 Å². The van der Waals surface area contributed by atoms with Crippen LogP contribution in [-0.4, -0.2) is 82.2 Å². The molecular weight excluding hydrogens is 500 g/mol. The Labute approximate surface area is 227 Å². The molecule has 2 saturated heterocycles. The van der Waals surface area contributed by atoms with E-state index >= 15 is 0 Å². The molecule has 5 unspecified atom stereocenters. The maximum Gasteiger partial charge on any atom is 0.326 e. The van der Waals surface area contributed by atoms with Gasteiger partial charge in [-0.05, 0) is 36.8 Å². The summed E-state index contributed by atoms with van der Waals surface area (Å²) >= 11 is 0. The Morgan fingerprint density at radius 1 is 0.949 bits per heavy atom. The SMILES string of the molecule is O=C(CC(Cc1ccccc1)NC(=O)C1CC(O)CN1)NC(Cc1ccccc1)C(=O)N1CCCC1C(=O)O. The largest absolute Gasteiger partial charge is 0.480 e. The van der Waals surface area contributed by atoms with Gasteiger partial charge in [0.15, 0.2) is 0 Å². The van der Waals surface area contributed by atoms with E-state index in [-0.39, 0.29) is 18.7 Å². The van der Waals surface area contributed by atoms with E-state index in [9.17, 15) is 29.4 Å². The van der Waals surface area contributed by atoms with Gasteiger partial charge in [0, 0.05) is 32.0 Å². The molecule has 0 aliphatic carbocycles. The number of carboxylic acids is 1. The zero-order valence-electron chi connectivity index (χ0n) is 21.8. The second kappa shape index (κ2) is 13.3. The minimum Gasteiger partial charge on any atom is -0.480 e. The first-order valence-corrected chi connectivity index (χ1v) is 13.4. The van der Waals surface area contributed by atoms with E-state index in [1.807, 2.05) is 60.7 Å². The smallest absolute Gasteiger partial charge is 0.326 e. The van der Waals surface area contributed by atoms with Gasteiger partial charge in [-0.25, -0.2) is 4.79 Å². The number of carbonyl (C=O) groups is 4. The highest BCUT2D eigenvalue weighted by Gasteiger charge is 2.38. The number of aliphatic hydroxyl groups is 1. The summed E-state index contributed by atoms with van der Waals surface area (Å²) in [5.41, 5.74) is 1.77. The van der Waals surface area contributed by atoms with Crippen LogP contribution in [0.1, 0.15) is 36.8 Å². The summed E-state index contributed by atoms with van der Waals surface area (Å²) < 4.78 is 0. The van der Waals surface area contributed by atoms with E-state index in [0.717, 1.165) is 11.1 Å². The van der Waals surface area contributed by atoms with E-state index in [0.29, 0.717) is 38.8 Å². The number of benzene rings is 2. The Morgan fingerprint density at radius 2 is 1.59 bits per heavy atom. The molecule has 10 nitrogen and oxygen atoms in total. The lowest BCUT2D eigenvalue weighted by atomic mass is 10.0. The lowest BCUT2D eigenvalue weighted by Crippen LogP contribution is -2.54. The highest BCUT2D eigenvalue weighted by Crippen LogP contribution is 2.20. The van der Waals surface area contributed by atoms with E-state index in [4.69, 9.17) is 0 Å². The maximum atomic E-state index is 13.5. The van der Waals surface area contributed by atoms with Gasteiger partial charge < -0.3 is 31.1 Å². The Morgan fingerprint density at radius 3 is 2.18 bits per heavy atom. The number of nitrogens with one attached hydrogen (secondary N) is 3. The van der Waals surface area contributed by atoms with Crippen LogP contribution in [0.3, 0.4) is 0 Å². The van der Waals surface area contributed by atoms with Crippen molar-refractivity contribution < 1.29 is 29.4 Å². The zero-order chi connectivity index (χ0) is 27.8. The molecule has 2 heterocycles. The van der Waals surface area contributed by atoms with E-state index < -0.39 is 48.1 Å². The zero-order valence-corrected chi connectivity index (χ0v) is 21.8. The van der Waals surface area contributed by atoms with Gasteiger partial charge in [-0.1, -0.05) is 60.7 Å². The normalized spacial score (nSPS) is 22.2. The van der Waals surface area contributed by atoms with Gasteiger partial charge in [0.05, 0.1) is 12.1 Å². The van der Waals surface area contributed by atoms with Crippen LogP contribution in [0.15, 0.2) is 60.7 Å². The van der Waals surface area contributed by atoms with Crippen molar-refractivity contribution in [2.45, 2.75) is 68.8 Å². The molecule has 2 aliphatic rings. The summed E-state index contributed by atoms with van der Waals surface area (Å²) in [5, 5.41) is 28.2. The van der Waals surface area contributed by atoms with Gasteiger partial charge >= 0.3 is 5.97 Å². The van der Waals surface area contributed by atoms with Crippen molar-refractivity contribution >= 4 is 23.7 Å². The second-order valence-corrected chi connectivity index (χ2v) is 10.3. The van der Waals surface area contributed by atoms with Gasteiger partial charge in [-0.2, -0.15) is 0 Å². The summed E-state index contributed by atoms with van der Waals surface area (Å²) in [7, 11) is 0. The standard InChI is InChI=1S/C29H36N4O6/c34-22-17-23(30-18-22)27(36)31-21(14-19-8-3-1-4-9-19)16-26(35)32-24(15-20-10-5-2-6-11-20)28(37)33-13-7-12-25(33)29(38)39/h1-6,8-11,21-25,30,34H,7,12-18H2,(H,31,36)(H,32,35)(H,38,39). The van der Waals surface area contributed by atoms with E-state index in [2.05, 4.69) is 16.0 Å². The van der Waals surface area contributed by atoms with Crippen molar-refractivity contribution in [1.29, 1.82) is 0 Å². The molecular formula is C29H36N4O6. The predicted molar refractivity (Wildman–Crippen MR) is 144 cm³/mol. The first-order chi connectivity index (χ1) is 18.8. The molecule has 39 heavy (non-hydrogen) atoms. The van der Waals surface area contributed by atoms with Crippen molar-refractivity contribution in [1.82, 2.24) is 20.9 Å². The number of amides is 3. The summed E-state index contributed by atoms with van der Waals surface area (Å²) in [5.74, 6) is -2.19. The number of nitrogens with zero attached hydrogens (tertiary/aromatic N) is 1. The molecule has 2 fully saturated rings.